The van der Waals surface area contributed by atoms with E-state index in [1.807, 2.05) is 13.8 Å². The van der Waals surface area contributed by atoms with Crippen LogP contribution in [0.5, 0.6) is 0 Å². The molecule has 0 radical (unpaired) electrons. The highest BCUT2D eigenvalue weighted by Gasteiger charge is 2.30. The topological polar surface area (TPSA) is 46.2 Å². The van der Waals surface area contributed by atoms with Gasteiger partial charge in [-0.05, 0) is 25.0 Å². The molecule has 0 bridgehead atoms. The maximum Gasteiger partial charge on any atom is 0.259 e. The molecule has 0 saturated carbocycles. The summed E-state index contributed by atoms with van der Waals surface area (Å²) in [5, 5.41) is 2.21. The summed E-state index contributed by atoms with van der Waals surface area (Å²) in [6.45, 7) is 14.7. The van der Waals surface area contributed by atoms with Crippen molar-refractivity contribution in [2.75, 3.05) is 0 Å². The lowest BCUT2D eigenvalue weighted by Crippen LogP contribution is -2.23. The number of hydrogen-bond acceptors (Lipinski definition) is 2. The molecule has 0 saturated heterocycles. The zero-order valence-corrected chi connectivity index (χ0v) is 9.73. The van der Waals surface area contributed by atoms with Crippen LogP contribution in [0.4, 0.5) is 0 Å². The van der Waals surface area contributed by atoms with Crippen LogP contribution in [0, 0.1) is 0 Å². The van der Waals surface area contributed by atoms with Crippen LogP contribution in [0.25, 0.3) is 0 Å². The van der Waals surface area contributed by atoms with Gasteiger partial charge in [0.1, 0.15) is 0 Å². The van der Waals surface area contributed by atoms with E-state index in [0.717, 1.165) is 0 Å². The lowest BCUT2D eigenvalue weighted by atomic mass is 10.00. The highest BCUT2D eigenvalue weighted by molar-refractivity contribution is 6.23. The van der Waals surface area contributed by atoms with Gasteiger partial charge in [0.15, 0.2) is 0 Å². The maximum absolute atomic E-state index is 11.2. The first-order chi connectivity index (χ1) is 6.95. The molecule has 3 heteroatoms. The molecule has 1 aliphatic heterocycles. The SMILES string of the molecule is C=C(C)C1=C(C(=C)C)C(=O)NC1=O.CC. The molecule has 82 valence electrons. The molecule has 1 rings (SSSR count). The number of rotatable bonds is 2. The van der Waals surface area contributed by atoms with E-state index in [2.05, 4.69) is 18.5 Å². The molecule has 1 N–H and O–H groups in total. The van der Waals surface area contributed by atoms with Gasteiger partial charge in [0.05, 0.1) is 11.1 Å². The van der Waals surface area contributed by atoms with Gasteiger partial charge in [0.2, 0.25) is 0 Å². The molecule has 15 heavy (non-hydrogen) atoms. The molecule has 0 aromatic heterocycles. The lowest BCUT2D eigenvalue weighted by molar-refractivity contribution is -0.124. The quantitative estimate of drug-likeness (QED) is 0.705. The Balaban J connectivity index is 0.000000921. The molecular formula is C12H17NO2. The van der Waals surface area contributed by atoms with Crippen LogP contribution in [0.3, 0.4) is 0 Å². The summed E-state index contributed by atoms with van der Waals surface area (Å²) in [7, 11) is 0. The van der Waals surface area contributed by atoms with Crippen LogP contribution < -0.4 is 5.32 Å². The summed E-state index contributed by atoms with van der Waals surface area (Å²) >= 11 is 0. The van der Waals surface area contributed by atoms with Gasteiger partial charge >= 0.3 is 0 Å². The molecule has 0 fully saturated rings. The van der Waals surface area contributed by atoms with E-state index < -0.39 is 0 Å². The van der Waals surface area contributed by atoms with Gasteiger partial charge in [0, 0.05) is 0 Å². The fourth-order valence-corrected chi connectivity index (χ4v) is 1.27. The number of imide groups is 1. The molecule has 0 aromatic carbocycles. The normalized spacial score (nSPS) is 14.4. The Hall–Kier alpha value is -1.64. The minimum atomic E-state index is -0.379. The van der Waals surface area contributed by atoms with E-state index in [0.29, 0.717) is 22.3 Å². The molecule has 0 unspecified atom stereocenters. The van der Waals surface area contributed by atoms with Crippen LogP contribution in [-0.4, -0.2) is 11.8 Å². The van der Waals surface area contributed by atoms with Crippen molar-refractivity contribution in [3.05, 3.63) is 35.5 Å². The highest BCUT2D eigenvalue weighted by Crippen LogP contribution is 2.23. The summed E-state index contributed by atoms with van der Waals surface area (Å²) in [5.74, 6) is -0.758. The van der Waals surface area contributed by atoms with Crippen molar-refractivity contribution in [2.24, 2.45) is 0 Å². The van der Waals surface area contributed by atoms with Gasteiger partial charge in [-0.2, -0.15) is 0 Å². The zero-order chi connectivity index (χ0) is 12.2. The van der Waals surface area contributed by atoms with E-state index >= 15 is 0 Å². The first-order valence-corrected chi connectivity index (χ1v) is 4.87. The summed E-state index contributed by atoms with van der Waals surface area (Å²) in [5.41, 5.74) is 1.89. The fourth-order valence-electron chi connectivity index (χ4n) is 1.27. The predicted molar refractivity (Wildman–Crippen MR) is 61.2 cm³/mol. The van der Waals surface area contributed by atoms with Crippen LogP contribution in [0.1, 0.15) is 27.7 Å². The first kappa shape index (κ1) is 13.4. The van der Waals surface area contributed by atoms with E-state index in [1.54, 1.807) is 13.8 Å². The predicted octanol–water partition coefficient (Wildman–Crippen LogP) is 2.12. The Morgan fingerprint density at radius 1 is 0.933 bits per heavy atom. The summed E-state index contributed by atoms with van der Waals surface area (Å²) in [4.78, 5) is 22.5. The van der Waals surface area contributed by atoms with Crippen molar-refractivity contribution >= 4 is 11.8 Å². The molecule has 2 amide bonds. The fraction of sp³-hybridized carbons (Fsp3) is 0.333. The lowest BCUT2D eigenvalue weighted by Gasteiger charge is -2.00. The second-order valence-corrected chi connectivity index (χ2v) is 3.09. The van der Waals surface area contributed by atoms with E-state index in [-0.39, 0.29) is 11.8 Å². The zero-order valence-electron chi connectivity index (χ0n) is 9.73. The average molecular weight is 207 g/mol. The van der Waals surface area contributed by atoms with Crippen LogP contribution in [0.15, 0.2) is 35.5 Å². The summed E-state index contributed by atoms with van der Waals surface area (Å²) in [6, 6.07) is 0. The third-order valence-corrected chi connectivity index (χ3v) is 1.78. The van der Waals surface area contributed by atoms with Crippen LogP contribution in [0.2, 0.25) is 0 Å². The third-order valence-electron chi connectivity index (χ3n) is 1.78. The Morgan fingerprint density at radius 2 is 1.20 bits per heavy atom. The molecule has 0 aromatic rings. The number of amides is 2. The standard InChI is InChI=1S/C10H11NO2.C2H6/c1-5(2)7-8(6(3)4)10(13)11-9(7)12;1-2/h1,3H2,2,4H3,(H,11,12,13);1-2H3. The van der Waals surface area contributed by atoms with Crippen molar-refractivity contribution in [3.8, 4) is 0 Å². The van der Waals surface area contributed by atoms with Gasteiger partial charge in [0.25, 0.3) is 11.8 Å². The Labute approximate surface area is 90.6 Å². The molecule has 0 spiro atoms. The molecule has 0 atom stereocenters. The molecule has 1 heterocycles. The van der Waals surface area contributed by atoms with Crippen LogP contribution >= 0.6 is 0 Å². The smallest absolute Gasteiger partial charge is 0.259 e. The van der Waals surface area contributed by atoms with Crippen LogP contribution in [-0.2, 0) is 9.59 Å². The average Bonchev–Trinajstić information content (AvgIpc) is 2.44. The van der Waals surface area contributed by atoms with Crippen molar-refractivity contribution < 1.29 is 9.59 Å². The Kier molecular flexibility index (Phi) is 4.71. The first-order valence-electron chi connectivity index (χ1n) is 4.87. The minimum Gasteiger partial charge on any atom is -0.288 e. The van der Waals surface area contributed by atoms with Gasteiger partial charge in [-0.25, -0.2) is 0 Å². The van der Waals surface area contributed by atoms with Crippen molar-refractivity contribution in [3.63, 3.8) is 0 Å². The third kappa shape index (κ3) is 2.65. The number of carbonyl (C=O) groups is 2. The molecule has 1 aliphatic rings. The largest absolute Gasteiger partial charge is 0.288 e. The van der Waals surface area contributed by atoms with Crippen molar-refractivity contribution in [1.29, 1.82) is 0 Å². The van der Waals surface area contributed by atoms with E-state index in [4.69, 9.17) is 0 Å². The molecule has 3 nitrogen and oxygen atoms in total. The van der Waals surface area contributed by atoms with E-state index in [1.165, 1.54) is 0 Å². The molecular weight excluding hydrogens is 190 g/mol. The van der Waals surface area contributed by atoms with E-state index in [9.17, 15) is 9.59 Å². The Bertz CT molecular complexity index is 328. The molecule has 0 aliphatic carbocycles. The van der Waals surface area contributed by atoms with Gasteiger partial charge in [-0.1, -0.05) is 27.0 Å². The number of carbonyl (C=O) groups excluding carboxylic acids is 2. The maximum atomic E-state index is 11.2. The second kappa shape index (κ2) is 5.29. The van der Waals surface area contributed by atoms with Gasteiger partial charge in [-0.3, -0.25) is 14.9 Å². The van der Waals surface area contributed by atoms with Crippen molar-refractivity contribution in [2.45, 2.75) is 27.7 Å². The van der Waals surface area contributed by atoms with Gasteiger partial charge in [-0.15, -0.1) is 0 Å². The highest BCUT2D eigenvalue weighted by atomic mass is 16.2. The number of nitrogens with one attached hydrogen (secondary N) is 1. The van der Waals surface area contributed by atoms with Gasteiger partial charge < -0.3 is 0 Å². The monoisotopic (exact) mass is 207 g/mol. The summed E-state index contributed by atoms with van der Waals surface area (Å²) in [6.07, 6.45) is 0. The summed E-state index contributed by atoms with van der Waals surface area (Å²) < 4.78 is 0. The van der Waals surface area contributed by atoms with Crippen molar-refractivity contribution in [1.82, 2.24) is 5.32 Å². The minimum absolute atomic E-state index is 0.359. The second-order valence-electron chi connectivity index (χ2n) is 3.09. The Morgan fingerprint density at radius 3 is 1.40 bits per heavy atom. The number of hydrogen-bond donors (Lipinski definition) is 1.